The minimum Gasteiger partial charge on any atom is -0.293 e. The van der Waals surface area contributed by atoms with Gasteiger partial charge in [-0.1, -0.05) is 60.7 Å². The van der Waals surface area contributed by atoms with E-state index in [0.717, 1.165) is 0 Å². The van der Waals surface area contributed by atoms with Crippen molar-refractivity contribution >= 4 is 0 Å². The van der Waals surface area contributed by atoms with Crippen molar-refractivity contribution < 1.29 is 4.39 Å². The maximum absolute atomic E-state index is 10.6. The van der Waals surface area contributed by atoms with Gasteiger partial charge in [-0.25, -0.2) is 4.39 Å². The fraction of sp³-hybridized carbons (Fsp3) is 0.143. The van der Waals surface area contributed by atoms with Gasteiger partial charge in [-0.2, -0.15) is 0 Å². The summed E-state index contributed by atoms with van der Waals surface area (Å²) in [5.74, 6) is 0. The van der Waals surface area contributed by atoms with Crippen molar-refractivity contribution in [3.63, 3.8) is 0 Å². The number of hydrogen-bond acceptors (Lipinski definition) is 1. The van der Waals surface area contributed by atoms with E-state index in [-0.39, 0.29) is 0 Å². The highest BCUT2D eigenvalue weighted by atomic mass is 19.1. The second-order valence-corrected chi connectivity index (χ2v) is 3.22. The molecule has 0 unspecified atom stereocenters. The van der Waals surface area contributed by atoms with Crippen LogP contribution in [0.4, 0.5) is 4.39 Å². The fourth-order valence-corrected chi connectivity index (χ4v) is 1.26. The Hall–Kier alpha value is -1.67. The average Bonchev–Trinajstić information content (AvgIpc) is 2.41. The van der Waals surface area contributed by atoms with Gasteiger partial charge >= 0.3 is 0 Å². The van der Waals surface area contributed by atoms with Crippen molar-refractivity contribution in [1.29, 1.82) is 0 Å². The molecule has 0 aliphatic heterocycles. The summed E-state index contributed by atoms with van der Waals surface area (Å²) >= 11 is 0. The first-order valence-electron chi connectivity index (χ1n) is 5.19. The second-order valence-electron chi connectivity index (χ2n) is 3.22. The molecule has 0 amide bonds. The van der Waals surface area contributed by atoms with Crippen LogP contribution in [0.25, 0.3) is 11.1 Å². The monoisotopic (exact) mass is 217 g/mol. The SMILES string of the molecule is CNCF.c1ccc(-c2ccccc2)cc1. The average molecular weight is 217 g/mol. The molecule has 84 valence electrons. The Morgan fingerprint density at radius 1 is 0.812 bits per heavy atom. The molecule has 2 aromatic rings. The summed E-state index contributed by atoms with van der Waals surface area (Å²) < 4.78 is 10.6. The standard InChI is InChI=1S/C12H10.C2H6FN/c1-3-7-11(8-4-1)12-9-5-2-6-10-12;1-4-2-3/h1-10H;4H,2H2,1H3. The normalized spacial score (nSPS) is 9.12. The van der Waals surface area contributed by atoms with Crippen LogP contribution in [0.5, 0.6) is 0 Å². The van der Waals surface area contributed by atoms with Gasteiger partial charge in [0, 0.05) is 0 Å². The van der Waals surface area contributed by atoms with Crippen LogP contribution in [0.1, 0.15) is 0 Å². The quantitative estimate of drug-likeness (QED) is 0.759. The van der Waals surface area contributed by atoms with Crippen LogP contribution < -0.4 is 5.32 Å². The molecule has 0 spiro atoms. The smallest absolute Gasteiger partial charge is 0.140 e. The van der Waals surface area contributed by atoms with Gasteiger partial charge in [-0.3, -0.25) is 5.32 Å². The Morgan fingerprint density at radius 3 is 1.38 bits per heavy atom. The molecular formula is C14H16FN. The minimum absolute atomic E-state index is 0.431. The third-order valence-electron chi connectivity index (χ3n) is 2.01. The molecule has 0 bridgehead atoms. The lowest BCUT2D eigenvalue weighted by Crippen LogP contribution is -1.99. The van der Waals surface area contributed by atoms with Crippen LogP contribution in [0.3, 0.4) is 0 Å². The molecule has 0 radical (unpaired) electrons. The largest absolute Gasteiger partial charge is 0.293 e. The Kier molecular flexibility index (Phi) is 5.89. The molecule has 1 N–H and O–H groups in total. The zero-order chi connectivity index (χ0) is 11.6. The molecular weight excluding hydrogens is 201 g/mol. The summed E-state index contributed by atoms with van der Waals surface area (Å²) in [6.45, 7) is -0.431. The molecule has 0 fully saturated rings. The van der Waals surface area contributed by atoms with E-state index in [1.165, 1.54) is 11.1 Å². The number of hydrogen-bond donors (Lipinski definition) is 1. The zero-order valence-electron chi connectivity index (χ0n) is 9.36. The van der Waals surface area contributed by atoms with Crippen molar-refractivity contribution in [3.8, 4) is 11.1 Å². The Morgan fingerprint density at radius 2 is 1.12 bits per heavy atom. The van der Waals surface area contributed by atoms with E-state index in [1.54, 1.807) is 7.05 Å². The van der Waals surface area contributed by atoms with E-state index < -0.39 is 6.80 Å². The van der Waals surface area contributed by atoms with E-state index in [4.69, 9.17) is 0 Å². The van der Waals surface area contributed by atoms with Crippen LogP contribution >= 0.6 is 0 Å². The third kappa shape index (κ3) is 4.24. The lowest BCUT2D eigenvalue weighted by atomic mass is 10.1. The Balaban J connectivity index is 0.000000280. The summed E-state index contributed by atoms with van der Waals surface area (Å²) in [7, 11) is 1.56. The zero-order valence-corrected chi connectivity index (χ0v) is 9.36. The van der Waals surface area contributed by atoms with E-state index in [9.17, 15) is 4.39 Å². The number of alkyl halides is 1. The first kappa shape index (κ1) is 12.4. The molecule has 0 heterocycles. The number of benzene rings is 2. The van der Waals surface area contributed by atoms with Gasteiger partial charge in [-0.15, -0.1) is 0 Å². The predicted octanol–water partition coefficient (Wildman–Crippen LogP) is 3.49. The highest BCUT2D eigenvalue weighted by Gasteiger charge is 1.91. The topological polar surface area (TPSA) is 12.0 Å². The molecule has 0 aliphatic rings. The number of nitrogens with one attached hydrogen (secondary N) is 1. The van der Waals surface area contributed by atoms with Crippen molar-refractivity contribution in [2.24, 2.45) is 0 Å². The fourth-order valence-electron chi connectivity index (χ4n) is 1.26. The third-order valence-corrected chi connectivity index (χ3v) is 2.01. The van der Waals surface area contributed by atoms with Crippen LogP contribution in [-0.2, 0) is 0 Å². The summed E-state index contributed by atoms with van der Waals surface area (Å²) in [6, 6.07) is 20.8. The molecule has 0 saturated carbocycles. The summed E-state index contributed by atoms with van der Waals surface area (Å²) in [5, 5.41) is 2.26. The molecule has 0 atom stereocenters. The van der Waals surface area contributed by atoms with Gasteiger partial charge in [0.25, 0.3) is 0 Å². The molecule has 0 aliphatic carbocycles. The lowest BCUT2D eigenvalue weighted by molar-refractivity contribution is 0.452. The van der Waals surface area contributed by atoms with Crippen molar-refractivity contribution in [2.75, 3.05) is 13.8 Å². The van der Waals surface area contributed by atoms with Gasteiger partial charge in [-0.05, 0) is 18.2 Å². The molecule has 2 rings (SSSR count). The maximum atomic E-state index is 10.6. The maximum Gasteiger partial charge on any atom is 0.140 e. The minimum atomic E-state index is -0.431. The molecule has 2 heteroatoms. The van der Waals surface area contributed by atoms with Crippen LogP contribution in [0.2, 0.25) is 0 Å². The Labute approximate surface area is 95.9 Å². The van der Waals surface area contributed by atoms with E-state index >= 15 is 0 Å². The van der Waals surface area contributed by atoms with E-state index in [0.29, 0.717) is 0 Å². The molecule has 0 aromatic heterocycles. The second kappa shape index (κ2) is 7.60. The summed E-state index contributed by atoms with van der Waals surface area (Å²) in [5.41, 5.74) is 2.55. The van der Waals surface area contributed by atoms with Crippen LogP contribution in [0, 0.1) is 0 Å². The summed E-state index contributed by atoms with van der Waals surface area (Å²) in [6.07, 6.45) is 0. The van der Waals surface area contributed by atoms with E-state index in [1.807, 2.05) is 12.1 Å². The molecule has 2 aromatic carbocycles. The molecule has 16 heavy (non-hydrogen) atoms. The van der Waals surface area contributed by atoms with Crippen LogP contribution in [0.15, 0.2) is 60.7 Å². The van der Waals surface area contributed by atoms with Crippen molar-refractivity contribution in [3.05, 3.63) is 60.7 Å². The van der Waals surface area contributed by atoms with Crippen molar-refractivity contribution in [1.82, 2.24) is 5.32 Å². The first-order valence-corrected chi connectivity index (χ1v) is 5.19. The van der Waals surface area contributed by atoms with Crippen LogP contribution in [-0.4, -0.2) is 13.8 Å². The van der Waals surface area contributed by atoms with Gasteiger partial charge in [0.1, 0.15) is 6.80 Å². The van der Waals surface area contributed by atoms with Gasteiger partial charge in [0.15, 0.2) is 0 Å². The summed E-state index contributed by atoms with van der Waals surface area (Å²) in [4.78, 5) is 0. The first-order chi connectivity index (χ1) is 7.88. The van der Waals surface area contributed by atoms with Crippen molar-refractivity contribution in [2.45, 2.75) is 0 Å². The lowest BCUT2D eigenvalue weighted by Gasteiger charge is -1.98. The Bertz CT molecular complexity index is 333. The predicted molar refractivity (Wildman–Crippen MR) is 66.9 cm³/mol. The van der Waals surface area contributed by atoms with Gasteiger partial charge < -0.3 is 0 Å². The highest BCUT2D eigenvalue weighted by Crippen LogP contribution is 2.17. The number of rotatable bonds is 2. The van der Waals surface area contributed by atoms with E-state index in [2.05, 4.69) is 53.8 Å². The highest BCUT2D eigenvalue weighted by molar-refractivity contribution is 5.62. The molecule has 1 nitrogen and oxygen atoms in total. The van der Waals surface area contributed by atoms with Gasteiger partial charge in [0.05, 0.1) is 0 Å². The van der Waals surface area contributed by atoms with Gasteiger partial charge in [0.2, 0.25) is 0 Å². The molecule has 0 saturated heterocycles. The number of halogens is 1.